The summed E-state index contributed by atoms with van der Waals surface area (Å²) in [6.45, 7) is 3.17. The Labute approximate surface area is 186 Å². The second-order valence-electron chi connectivity index (χ2n) is 8.08. The third-order valence-electron chi connectivity index (χ3n) is 5.97. The van der Waals surface area contributed by atoms with Crippen molar-refractivity contribution >= 4 is 22.7 Å². The van der Waals surface area contributed by atoms with Gasteiger partial charge in [0.2, 0.25) is 5.95 Å². The van der Waals surface area contributed by atoms with Crippen LogP contribution < -0.4 is 15.0 Å². The standard InChI is InChI=1S/C23H25N7O2/c24-15-17-5-6-27-23(29-17)28-16-1-3-19(4-2-16)32-21-14-18(30-9-11-31-12-10-30)13-20-22(21)26-8-7-25-20/h5-8,13-14,16,19H,1-4,9-12H2,(H,27,28,29). The molecule has 164 valence electrons. The zero-order valence-corrected chi connectivity index (χ0v) is 17.8. The number of hydrogen-bond acceptors (Lipinski definition) is 9. The van der Waals surface area contributed by atoms with Crippen LogP contribution in [0.4, 0.5) is 11.6 Å². The van der Waals surface area contributed by atoms with E-state index < -0.39 is 0 Å². The van der Waals surface area contributed by atoms with Crippen molar-refractivity contribution in [2.24, 2.45) is 0 Å². The molecule has 0 radical (unpaired) electrons. The number of benzene rings is 1. The normalized spacial score (nSPS) is 21.2. The number of hydrogen-bond donors (Lipinski definition) is 1. The van der Waals surface area contributed by atoms with Crippen LogP contribution in [0.3, 0.4) is 0 Å². The molecule has 0 unspecified atom stereocenters. The molecule has 0 atom stereocenters. The molecule has 1 aliphatic carbocycles. The number of nitriles is 1. The molecule has 2 aliphatic rings. The molecule has 0 bridgehead atoms. The number of anilines is 2. The van der Waals surface area contributed by atoms with Gasteiger partial charge in [0.25, 0.3) is 0 Å². The number of morpholine rings is 1. The largest absolute Gasteiger partial charge is 0.488 e. The quantitative estimate of drug-likeness (QED) is 0.652. The van der Waals surface area contributed by atoms with E-state index in [0.29, 0.717) is 11.6 Å². The number of nitrogens with one attached hydrogen (secondary N) is 1. The van der Waals surface area contributed by atoms with E-state index in [1.807, 2.05) is 6.07 Å². The molecular formula is C23H25N7O2. The molecule has 0 spiro atoms. The van der Waals surface area contributed by atoms with Gasteiger partial charge in [-0.15, -0.1) is 0 Å². The van der Waals surface area contributed by atoms with E-state index in [9.17, 15) is 0 Å². The SMILES string of the molecule is N#Cc1ccnc(NC2CCC(Oc3cc(N4CCOCC4)cc4nccnc34)CC2)n1. The summed E-state index contributed by atoms with van der Waals surface area (Å²) < 4.78 is 12.0. The lowest BCUT2D eigenvalue weighted by molar-refractivity contribution is 0.122. The van der Waals surface area contributed by atoms with Crippen LogP contribution in [0.5, 0.6) is 5.75 Å². The number of ether oxygens (including phenoxy) is 2. The third-order valence-corrected chi connectivity index (χ3v) is 5.97. The van der Waals surface area contributed by atoms with Crippen LogP contribution >= 0.6 is 0 Å². The summed E-state index contributed by atoms with van der Waals surface area (Å²) in [5, 5.41) is 12.4. The highest BCUT2D eigenvalue weighted by Crippen LogP contribution is 2.33. The van der Waals surface area contributed by atoms with Gasteiger partial charge in [0.05, 0.1) is 24.8 Å². The van der Waals surface area contributed by atoms with Crippen molar-refractivity contribution in [1.29, 1.82) is 5.26 Å². The first-order valence-electron chi connectivity index (χ1n) is 11.0. The Morgan fingerprint density at radius 2 is 1.84 bits per heavy atom. The number of rotatable bonds is 5. The van der Waals surface area contributed by atoms with E-state index in [4.69, 9.17) is 14.7 Å². The predicted octanol–water partition coefficient (Wildman–Crippen LogP) is 2.93. The van der Waals surface area contributed by atoms with Crippen molar-refractivity contribution in [1.82, 2.24) is 19.9 Å². The van der Waals surface area contributed by atoms with E-state index >= 15 is 0 Å². The monoisotopic (exact) mass is 431 g/mol. The fourth-order valence-electron chi connectivity index (χ4n) is 4.30. The van der Waals surface area contributed by atoms with Gasteiger partial charge in [-0.1, -0.05) is 0 Å². The van der Waals surface area contributed by atoms with Crippen molar-refractivity contribution in [3.63, 3.8) is 0 Å². The molecule has 1 saturated carbocycles. The van der Waals surface area contributed by atoms with Gasteiger partial charge < -0.3 is 19.7 Å². The van der Waals surface area contributed by atoms with Crippen molar-refractivity contribution in [2.45, 2.75) is 37.8 Å². The van der Waals surface area contributed by atoms with Gasteiger partial charge in [0, 0.05) is 49.5 Å². The van der Waals surface area contributed by atoms with Gasteiger partial charge in [-0.3, -0.25) is 4.98 Å². The molecule has 1 aliphatic heterocycles. The maximum absolute atomic E-state index is 9.02. The van der Waals surface area contributed by atoms with Gasteiger partial charge >= 0.3 is 0 Å². The van der Waals surface area contributed by atoms with Crippen LogP contribution in [0.15, 0.2) is 36.8 Å². The van der Waals surface area contributed by atoms with Gasteiger partial charge in [-0.05, 0) is 37.8 Å². The van der Waals surface area contributed by atoms with Gasteiger partial charge in [-0.25, -0.2) is 15.0 Å². The molecule has 32 heavy (non-hydrogen) atoms. The highest BCUT2D eigenvalue weighted by atomic mass is 16.5. The summed E-state index contributed by atoms with van der Waals surface area (Å²) in [5.74, 6) is 1.30. The van der Waals surface area contributed by atoms with Crippen molar-refractivity contribution < 1.29 is 9.47 Å². The average molecular weight is 432 g/mol. The lowest BCUT2D eigenvalue weighted by atomic mass is 9.93. The fraction of sp³-hybridized carbons (Fsp3) is 0.435. The van der Waals surface area contributed by atoms with Gasteiger partial charge in [0.1, 0.15) is 23.0 Å². The summed E-state index contributed by atoms with van der Waals surface area (Å²) in [6, 6.07) is 8.09. The topological polar surface area (TPSA) is 109 Å². The Bertz CT molecular complexity index is 1120. The van der Waals surface area contributed by atoms with Crippen LogP contribution in [0.2, 0.25) is 0 Å². The summed E-state index contributed by atoms with van der Waals surface area (Å²) in [5.41, 5.74) is 3.11. The first-order valence-corrected chi connectivity index (χ1v) is 11.0. The van der Waals surface area contributed by atoms with E-state index in [0.717, 1.165) is 74.5 Å². The van der Waals surface area contributed by atoms with Crippen molar-refractivity contribution in [2.75, 3.05) is 36.5 Å². The summed E-state index contributed by atoms with van der Waals surface area (Å²) in [7, 11) is 0. The minimum absolute atomic E-state index is 0.115. The molecule has 9 heteroatoms. The summed E-state index contributed by atoms with van der Waals surface area (Å²) in [4.78, 5) is 19.8. The molecular weight excluding hydrogens is 406 g/mol. The average Bonchev–Trinajstić information content (AvgIpc) is 2.86. The van der Waals surface area contributed by atoms with Crippen molar-refractivity contribution in [3.8, 4) is 11.8 Å². The Hall–Kier alpha value is -3.51. The molecule has 1 N–H and O–H groups in total. The summed E-state index contributed by atoms with van der Waals surface area (Å²) in [6.07, 6.45) is 8.86. The Kier molecular flexibility index (Phi) is 5.94. The predicted molar refractivity (Wildman–Crippen MR) is 120 cm³/mol. The summed E-state index contributed by atoms with van der Waals surface area (Å²) >= 11 is 0. The van der Waals surface area contributed by atoms with E-state index in [1.165, 1.54) is 0 Å². The van der Waals surface area contributed by atoms with Crippen molar-refractivity contribution in [3.05, 3.63) is 42.5 Å². The Balaban J connectivity index is 1.27. The first kappa shape index (κ1) is 20.4. The first-order chi connectivity index (χ1) is 15.8. The zero-order valence-electron chi connectivity index (χ0n) is 17.8. The van der Waals surface area contributed by atoms with Crippen LogP contribution in [0.25, 0.3) is 11.0 Å². The Morgan fingerprint density at radius 1 is 1.03 bits per heavy atom. The van der Waals surface area contributed by atoms with Crippen LogP contribution in [-0.2, 0) is 4.74 Å². The van der Waals surface area contributed by atoms with Gasteiger partial charge in [0.15, 0.2) is 0 Å². The molecule has 0 amide bonds. The highest BCUT2D eigenvalue weighted by Gasteiger charge is 2.24. The minimum atomic E-state index is 0.115. The van der Waals surface area contributed by atoms with E-state index in [2.05, 4.69) is 42.3 Å². The number of fused-ring (bicyclic) bond motifs is 1. The molecule has 9 nitrogen and oxygen atoms in total. The Morgan fingerprint density at radius 3 is 2.66 bits per heavy atom. The van der Waals surface area contributed by atoms with E-state index in [1.54, 1.807) is 24.7 Å². The molecule has 3 aromatic rings. The lowest BCUT2D eigenvalue weighted by Gasteiger charge is -2.31. The number of aromatic nitrogens is 4. The molecule has 1 saturated heterocycles. The minimum Gasteiger partial charge on any atom is -0.488 e. The molecule has 2 fully saturated rings. The van der Waals surface area contributed by atoms with E-state index in [-0.39, 0.29) is 12.1 Å². The smallest absolute Gasteiger partial charge is 0.224 e. The molecule has 2 aromatic heterocycles. The molecule has 1 aromatic carbocycles. The van der Waals surface area contributed by atoms with Gasteiger partial charge in [-0.2, -0.15) is 5.26 Å². The number of nitrogens with zero attached hydrogens (tertiary/aromatic N) is 6. The fourth-order valence-corrected chi connectivity index (χ4v) is 4.30. The second kappa shape index (κ2) is 9.32. The molecule has 5 rings (SSSR count). The maximum atomic E-state index is 9.02. The lowest BCUT2D eigenvalue weighted by Crippen LogP contribution is -2.36. The second-order valence-corrected chi connectivity index (χ2v) is 8.08. The highest BCUT2D eigenvalue weighted by molar-refractivity contribution is 5.85. The molecule has 3 heterocycles. The van der Waals surface area contributed by atoms with Crippen LogP contribution in [0, 0.1) is 11.3 Å². The zero-order chi connectivity index (χ0) is 21.8. The maximum Gasteiger partial charge on any atom is 0.224 e. The van der Waals surface area contributed by atoms with Crippen LogP contribution in [-0.4, -0.2) is 58.4 Å². The third kappa shape index (κ3) is 4.55. The van der Waals surface area contributed by atoms with Crippen LogP contribution in [0.1, 0.15) is 31.4 Å².